The van der Waals surface area contributed by atoms with Crippen LogP contribution in [0.2, 0.25) is 0 Å². The molecule has 0 aliphatic rings. The zero-order valence-electron chi connectivity index (χ0n) is 13.7. The number of aromatic nitrogens is 1. The molecule has 1 aromatic heterocycles. The second kappa shape index (κ2) is 9.76. The highest BCUT2D eigenvalue weighted by atomic mass is 15.1. The molecule has 114 valence electrons. The standard InChI is InChI=1S/C17H31N3/c1-5-7-11-20(12-8-6-2)17-9-10-18-16(13-17)14-19-15(3)4/h9-10,13,15,19H,5-8,11-12,14H2,1-4H3. The molecule has 0 unspecified atom stereocenters. The molecule has 0 saturated carbocycles. The van der Waals surface area contributed by atoms with E-state index in [0.717, 1.165) is 25.3 Å². The molecule has 3 heteroatoms. The Morgan fingerprint density at radius 1 is 1.15 bits per heavy atom. The number of pyridine rings is 1. The minimum atomic E-state index is 0.497. The lowest BCUT2D eigenvalue weighted by atomic mass is 10.2. The van der Waals surface area contributed by atoms with Crippen LogP contribution < -0.4 is 10.2 Å². The predicted octanol–water partition coefficient (Wildman–Crippen LogP) is 3.99. The van der Waals surface area contributed by atoms with Crippen molar-refractivity contribution in [2.75, 3.05) is 18.0 Å². The summed E-state index contributed by atoms with van der Waals surface area (Å²) in [5.74, 6) is 0. The first-order valence-electron chi connectivity index (χ1n) is 8.10. The number of hydrogen-bond donors (Lipinski definition) is 1. The van der Waals surface area contributed by atoms with Crippen LogP contribution in [0.15, 0.2) is 18.3 Å². The molecule has 0 spiro atoms. The van der Waals surface area contributed by atoms with Gasteiger partial charge in [0, 0.05) is 37.6 Å². The van der Waals surface area contributed by atoms with Gasteiger partial charge in [0.25, 0.3) is 0 Å². The van der Waals surface area contributed by atoms with E-state index in [-0.39, 0.29) is 0 Å². The zero-order valence-corrected chi connectivity index (χ0v) is 13.7. The van der Waals surface area contributed by atoms with Gasteiger partial charge >= 0.3 is 0 Å². The Bertz CT molecular complexity index is 355. The van der Waals surface area contributed by atoms with Crippen molar-refractivity contribution in [3.05, 3.63) is 24.0 Å². The number of nitrogens with zero attached hydrogens (tertiary/aromatic N) is 2. The molecule has 1 N–H and O–H groups in total. The predicted molar refractivity (Wildman–Crippen MR) is 88.2 cm³/mol. The first-order valence-corrected chi connectivity index (χ1v) is 8.10. The third-order valence-corrected chi connectivity index (χ3v) is 3.42. The van der Waals surface area contributed by atoms with E-state index in [4.69, 9.17) is 0 Å². The van der Waals surface area contributed by atoms with E-state index in [9.17, 15) is 0 Å². The van der Waals surface area contributed by atoms with Gasteiger partial charge in [-0.1, -0.05) is 40.5 Å². The van der Waals surface area contributed by atoms with Gasteiger partial charge in [-0.2, -0.15) is 0 Å². The maximum Gasteiger partial charge on any atom is 0.0562 e. The maximum atomic E-state index is 4.47. The molecular weight excluding hydrogens is 246 g/mol. The molecule has 0 radical (unpaired) electrons. The smallest absolute Gasteiger partial charge is 0.0562 e. The molecule has 3 nitrogen and oxygen atoms in total. The number of unbranched alkanes of at least 4 members (excludes halogenated alkanes) is 2. The van der Waals surface area contributed by atoms with Gasteiger partial charge in [-0.05, 0) is 25.0 Å². The molecule has 0 aromatic carbocycles. The summed E-state index contributed by atoms with van der Waals surface area (Å²) in [5.41, 5.74) is 2.46. The first-order chi connectivity index (χ1) is 9.67. The van der Waals surface area contributed by atoms with Crippen molar-refractivity contribution in [3.63, 3.8) is 0 Å². The fourth-order valence-corrected chi connectivity index (χ4v) is 2.14. The van der Waals surface area contributed by atoms with Crippen LogP contribution in [0.25, 0.3) is 0 Å². The van der Waals surface area contributed by atoms with E-state index in [1.165, 1.54) is 31.4 Å². The third-order valence-electron chi connectivity index (χ3n) is 3.42. The second-order valence-corrected chi connectivity index (χ2v) is 5.74. The Balaban J connectivity index is 2.70. The molecule has 0 amide bonds. The van der Waals surface area contributed by atoms with E-state index < -0.39 is 0 Å². The van der Waals surface area contributed by atoms with Crippen LogP contribution in [0.1, 0.15) is 59.1 Å². The Morgan fingerprint density at radius 2 is 1.80 bits per heavy atom. The molecule has 0 aliphatic carbocycles. The second-order valence-electron chi connectivity index (χ2n) is 5.74. The minimum absolute atomic E-state index is 0.497. The summed E-state index contributed by atoms with van der Waals surface area (Å²) in [6.07, 6.45) is 6.94. The van der Waals surface area contributed by atoms with Crippen LogP contribution >= 0.6 is 0 Å². The minimum Gasteiger partial charge on any atom is -0.371 e. The SMILES string of the molecule is CCCCN(CCCC)c1ccnc(CNC(C)C)c1. The van der Waals surface area contributed by atoms with Crippen molar-refractivity contribution in [2.45, 2.75) is 66.0 Å². The summed E-state index contributed by atoms with van der Waals surface area (Å²) in [6.45, 7) is 12.0. The zero-order chi connectivity index (χ0) is 14.8. The fourth-order valence-electron chi connectivity index (χ4n) is 2.14. The lowest BCUT2D eigenvalue weighted by Gasteiger charge is -2.25. The van der Waals surface area contributed by atoms with Crippen LogP contribution in [0.5, 0.6) is 0 Å². The van der Waals surface area contributed by atoms with Crippen LogP contribution in [0.4, 0.5) is 5.69 Å². The maximum absolute atomic E-state index is 4.47. The van der Waals surface area contributed by atoms with Crippen LogP contribution in [-0.2, 0) is 6.54 Å². The van der Waals surface area contributed by atoms with Crippen molar-refractivity contribution in [1.29, 1.82) is 0 Å². The summed E-state index contributed by atoms with van der Waals surface area (Å²) >= 11 is 0. The third kappa shape index (κ3) is 6.38. The molecule has 0 atom stereocenters. The van der Waals surface area contributed by atoms with Crippen molar-refractivity contribution in [1.82, 2.24) is 10.3 Å². The topological polar surface area (TPSA) is 28.2 Å². The van der Waals surface area contributed by atoms with Crippen molar-refractivity contribution >= 4 is 5.69 Å². The average molecular weight is 277 g/mol. The normalized spacial score (nSPS) is 11.1. The summed E-state index contributed by atoms with van der Waals surface area (Å²) in [4.78, 5) is 6.97. The highest BCUT2D eigenvalue weighted by Crippen LogP contribution is 2.16. The van der Waals surface area contributed by atoms with Gasteiger partial charge in [-0.15, -0.1) is 0 Å². The van der Waals surface area contributed by atoms with Gasteiger partial charge in [-0.25, -0.2) is 0 Å². The summed E-state index contributed by atoms with van der Waals surface area (Å²) in [5, 5.41) is 3.43. The molecule has 1 heterocycles. The monoisotopic (exact) mass is 277 g/mol. The highest BCUT2D eigenvalue weighted by Gasteiger charge is 2.07. The van der Waals surface area contributed by atoms with Crippen molar-refractivity contribution in [2.24, 2.45) is 0 Å². The first kappa shape index (κ1) is 17.0. The molecule has 0 bridgehead atoms. The van der Waals surface area contributed by atoms with Crippen molar-refractivity contribution in [3.8, 4) is 0 Å². The van der Waals surface area contributed by atoms with E-state index in [1.54, 1.807) is 0 Å². The summed E-state index contributed by atoms with van der Waals surface area (Å²) in [6, 6.07) is 4.88. The quantitative estimate of drug-likeness (QED) is 0.701. The van der Waals surface area contributed by atoms with E-state index >= 15 is 0 Å². The number of hydrogen-bond acceptors (Lipinski definition) is 3. The number of anilines is 1. The highest BCUT2D eigenvalue weighted by molar-refractivity contribution is 5.46. The van der Waals surface area contributed by atoms with Gasteiger partial charge in [0.1, 0.15) is 0 Å². The van der Waals surface area contributed by atoms with Crippen LogP contribution in [0, 0.1) is 0 Å². The van der Waals surface area contributed by atoms with Gasteiger partial charge in [-0.3, -0.25) is 4.98 Å². The van der Waals surface area contributed by atoms with E-state index in [1.807, 2.05) is 6.20 Å². The number of nitrogens with one attached hydrogen (secondary N) is 1. The molecule has 0 fully saturated rings. The summed E-state index contributed by atoms with van der Waals surface area (Å²) < 4.78 is 0. The van der Waals surface area contributed by atoms with Gasteiger partial charge in [0.2, 0.25) is 0 Å². The lowest BCUT2D eigenvalue weighted by molar-refractivity contribution is 0.581. The molecule has 1 aromatic rings. The molecule has 0 saturated heterocycles. The van der Waals surface area contributed by atoms with Gasteiger partial charge in [0.05, 0.1) is 5.69 Å². The van der Waals surface area contributed by atoms with Gasteiger partial charge in [0.15, 0.2) is 0 Å². The van der Waals surface area contributed by atoms with Crippen LogP contribution in [-0.4, -0.2) is 24.1 Å². The van der Waals surface area contributed by atoms with Crippen molar-refractivity contribution < 1.29 is 0 Å². The number of rotatable bonds is 10. The molecule has 1 rings (SSSR count). The van der Waals surface area contributed by atoms with Gasteiger partial charge < -0.3 is 10.2 Å². The molecule has 0 aliphatic heterocycles. The summed E-state index contributed by atoms with van der Waals surface area (Å²) in [7, 11) is 0. The Kier molecular flexibility index (Phi) is 8.28. The largest absolute Gasteiger partial charge is 0.371 e. The molecular formula is C17H31N3. The van der Waals surface area contributed by atoms with Crippen LogP contribution in [0.3, 0.4) is 0 Å². The van der Waals surface area contributed by atoms with E-state index in [0.29, 0.717) is 6.04 Å². The Morgan fingerprint density at radius 3 is 2.35 bits per heavy atom. The Hall–Kier alpha value is -1.09. The lowest BCUT2D eigenvalue weighted by Crippen LogP contribution is -2.26. The molecule has 20 heavy (non-hydrogen) atoms. The van der Waals surface area contributed by atoms with E-state index in [2.05, 4.69) is 55.0 Å². The average Bonchev–Trinajstić information content (AvgIpc) is 2.45. The fraction of sp³-hybridized carbons (Fsp3) is 0.706. The Labute approximate surface area is 124 Å².